The molecule has 0 nitrogen and oxygen atoms in total. The monoisotopic (exact) mass is 336 g/mol. The molecule has 19 heavy (non-hydrogen) atoms. The van der Waals surface area contributed by atoms with Crippen molar-refractivity contribution in [2.45, 2.75) is 31.6 Å². The Morgan fingerprint density at radius 1 is 0.947 bits per heavy atom. The second-order valence-electron chi connectivity index (χ2n) is 5.79. The molecule has 0 saturated heterocycles. The maximum atomic E-state index is 6.55. The third-order valence-corrected chi connectivity index (χ3v) is 4.21. The van der Waals surface area contributed by atoms with Gasteiger partial charge in [0.2, 0.25) is 0 Å². The quantitative estimate of drug-likeness (QED) is 0.583. The van der Waals surface area contributed by atoms with E-state index in [1.165, 1.54) is 5.56 Å². The summed E-state index contributed by atoms with van der Waals surface area (Å²) in [5.41, 5.74) is 3.75. The first-order valence-corrected chi connectivity index (χ1v) is 7.61. The van der Waals surface area contributed by atoms with Crippen molar-refractivity contribution in [2.24, 2.45) is 0 Å². The summed E-state index contributed by atoms with van der Waals surface area (Å²) in [6.45, 7) is 6.65. The van der Waals surface area contributed by atoms with Gasteiger partial charge in [0, 0.05) is 4.47 Å². The Balaban J connectivity index is 2.27. The largest absolute Gasteiger partial charge is 0.113 e. The molecule has 0 N–H and O–H groups in total. The average molecular weight is 338 g/mol. The van der Waals surface area contributed by atoms with Gasteiger partial charge in [-0.05, 0) is 34.2 Å². The van der Waals surface area contributed by atoms with E-state index >= 15 is 0 Å². The summed E-state index contributed by atoms with van der Waals surface area (Å²) in [7, 11) is 0. The highest BCUT2D eigenvalue weighted by atomic mass is 79.9. The third-order valence-electron chi connectivity index (χ3n) is 3.21. The SMILES string of the molecule is CC(C)(C)c1ccc(C(Cl)c2cccc(Br)c2)cc1. The molecule has 2 heteroatoms. The average Bonchev–Trinajstić information content (AvgIpc) is 2.37. The lowest BCUT2D eigenvalue weighted by Crippen LogP contribution is -2.10. The molecular weight excluding hydrogens is 320 g/mol. The fraction of sp³-hybridized carbons (Fsp3) is 0.294. The number of hydrogen-bond acceptors (Lipinski definition) is 0. The first kappa shape index (κ1) is 14.6. The van der Waals surface area contributed by atoms with Crippen LogP contribution in [0.25, 0.3) is 0 Å². The Hall–Kier alpha value is -0.790. The van der Waals surface area contributed by atoms with E-state index in [1.54, 1.807) is 0 Å². The van der Waals surface area contributed by atoms with Crippen LogP contribution in [-0.4, -0.2) is 0 Å². The van der Waals surface area contributed by atoms with Crippen molar-refractivity contribution in [1.82, 2.24) is 0 Å². The minimum Gasteiger partial charge on any atom is -0.113 e. The van der Waals surface area contributed by atoms with E-state index in [9.17, 15) is 0 Å². The topological polar surface area (TPSA) is 0 Å². The number of halogens is 2. The van der Waals surface area contributed by atoms with Crippen LogP contribution >= 0.6 is 27.5 Å². The molecule has 0 saturated carbocycles. The van der Waals surface area contributed by atoms with Crippen molar-refractivity contribution in [2.75, 3.05) is 0 Å². The third kappa shape index (κ3) is 3.61. The molecule has 2 aromatic carbocycles. The molecule has 2 aromatic rings. The lowest BCUT2D eigenvalue weighted by atomic mass is 9.86. The number of alkyl halides is 1. The minimum atomic E-state index is -0.105. The molecule has 2 rings (SSSR count). The van der Waals surface area contributed by atoms with E-state index in [-0.39, 0.29) is 10.8 Å². The van der Waals surface area contributed by atoms with Crippen LogP contribution in [0.4, 0.5) is 0 Å². The van der Waals surface area contributed by atoms with Gasteiger partial charge < -0.3 is 0 Å². The summed E-state index contributed by atoms with van der Waals surface area (Å²) < 4.78 is 1.06. The molecule has 0 amide bonds. The van der Waals surface area contributed by atoms with E-state index in [1.807, 2.05) is 12.1 Å². The molecule has 0 aromatic heterocycles. The van der Waals surface area contributed by atoms with Gasteiger partial charge in [-0.15, -0.1) is 11.6 Å². The Labute approximate surface area is 128 Å². The summed E-state index contributed by atoms with van der Waals surface area (Å²) in [5.74, 6) is 0. The molecular formula is C17H18BrCl. The normalized spacial score (nSPS) is 13.3. The molecule has 100 valence electrons. The zero-order valence-electron chi connectivity index (χ0n) is 11.5. The van der Waals surface area contributed by atoms with Crippen molar-refractivity contribution in [3.05, 3.63) is 69.7 Å². The van der Waals surface area contributed by atoms with Gasteiger partial charge in [-0.3, -0.25) is 0 Å². The van der Waals surface area contributed by atoms with Gasteiger partial charge in [-0.1, -0.05) is 73.1 Å². The van der Waals surface area contributed by atoms with Gasteiger partial charge in [-0.2, -0.15) is 0 Å². The highest BCUT2D eigenvalue weighted by Crippen LogP contribution is 2.31. The van der Waals surface area contributed by atoms with Crippen molar-refractivity contribution in [3.63, 3.8) is 0 Å². The fourth-order valence-corrected chi connectivity index (χ4v) is 2.71. The highest BCUT2D eigenvalue weighted by Gasteiger charge is 2.15. The molecule has 0 aliphatic rings. The molecule has 1 unspecified atom stereocenters. The van der Waals surface area contributed by atoms with Gasteiger partial charge in [0.05, 0.1) is 5.38 Å². The van der Waals surface area contributed by atoms with E-state index in [0.29, 0.717) is 0 Å². The van der Waals surface area contributed by atoms with Gasteiger partial charge in [0.1, 0.15) is 0 Å². The maximum absolute atomic E-state index is 6.55. The van der Waals surface area contributed by atoms with Crippen LogP contribution in [0.5, 0.6) is 0 Å². The minimum absolute atomic E-state index is 0.105. The maximum Gasteiger partial charge on any atom is 0.0835 e. The van der Waals surface area contributed by atoms with Crippen LogP contribution < -0.4 is 0 Å². The molecule has 0 aliphatic carbocycles. The van der Waals surface area contributed by atoms with Gasteiger partial charge >= 0.3 is 0 Å². The molecule has 0 fully saturated rings. The van der Waals surface area contributed by atoms with E-state index < -0.39 is 0 Å². The number of hydrogen-bond donors (Lipinski definition) is 0. The zero-order valence-corrected chi connectivity index (χ0v) is 13.8. The lowest BCUT2D eigenvalue weighted by molar-refractivity contribution is 0.590. The van der Waals surface area contributed by atoms with Gasteiger partial charge in [0.25, 0.3) is 0 Å². The van der Waals surface area contributed by atoms with Crippen LogP contribution in [0, 0.1) is 0 Å². The molecule has 0 spiro atoms. The number of benzene rings is 2. The van der Waals surface area contributed by atoms with Crippen molar-refractivity contribution in [3.8, 4) is 0 Å². The predicted molar refractivity (Wildman–Crippen MR) is 87.0 cm³/mol. The molecule has 0 radical (unpaired) electrons. The summed E-state index contributed by atoms with van der Waals surface area (Å²) in [6, 6.07) is 16.7. The van der Waals surface area contributed by atoms with E-state index in [4.69, 9.17) is 11.6 Å². The van der Waals surface area contributed by atoms with E-state index in [2.05, 4.69) is 73.1 Å². The Morgan fingerprint density at radius 3 is 2.11 bits per heavy atom. The van der Waals surface area contributed by atoms with Crippen LogP contribution in [0.15, 0.2) is 53.0 Å². The van der Waals surface area contributed by atoms with Crippen LogP contribution in [0.2, 0.25) is 0 Å². The van der Waals surface area contributed by atoms with Crippen LogP contribution in [-0.2, 0) is 5.41 Å². The Kier molecular flexibility index (Phi) is 4.37. The van der Waals surface area contributed by atoms with Crippen molar-refractivity contribution >= 4 is 27.5 Å². The molecule has 1 atom stereocenters. The van der Waals surface area contributed by atoms with Gasteiger partial charge in [-0.25, -0.2) is 0 Å². The fourth-order valence-electron chi connectivity index (χ4n) is 2.01. The standard InChI is InChI=1S/C17H18BrCl/c1-17(2,3)14-9-7-12(8-10-14)16(19)13-5-4-6-15(18)11-13/h4-11,16H,1-3H3. The zero-order chi connectivity index (χ0) is 14.0. The van der Waals surface area contributed by atoms with E-state index in [0.717, 1.165) is 15.6 Å². The molecule has 0 bridgehead atoms. The molecule has 0 aliphatic heterocycles. The smallest absolute Gasteiger partial charge is 0.0835 e. The summed E-state index contributed by atoms with van der Waals surface area (Å²) in [6.07, 6.45) is 0. The van der Waals surface area contributed by atoms with Crippen molar-refractivity contribution < 1.29 is 0 Å². The van der Waals surface area contributed by atoms with Crippen molar-refractivity contribution in [1.29, 1.82) is 0 Å². The second-order valence-corrected chi connectivity index (χ2v) is 7.14. The van der Waals surface area contributed by atoms with Crippen LogP contribution in [0.1, 0.15) is 42.8 Å². The summed E-state index contributed by atoms with van der Waals surface area (Å²) >= 11 is 10.0. The summed E-state index contributed by atoms with van der Waals surface area (Å²) in [4.78, 5) is 0. The first-order chi connectivity index (χ1) is 8.88. The lowest BCUT2D eigenvalue weighted by Gasteiger charge is -2.20. The first-order valence-electron chi connectivity index (χ1n) is 6.38. The Bertz CT molecular complexity index is 552. The Morgan fingerprint density at radius 2 is 1.58 bits per heavy atom. The van der Waals surface area contributed by atoms with Crippen LogP contribution in [0.3, 0.4) is 0 Å². The highest BCUT2D eigenvalue weighted by molar-refractivity contribution is 9.10. The predicted octanol–water partition coefficient (Wildman–Crippen LogP) is 6.07. The summed E-state index contributed by atoms with van der Waals surface area (Å²) in [5, 5.41) is -0.105. The van der Waals surface area contributed by atoms with Gasteiger partial charge in [0.15, 0.2) is 0 Å². The molecule has 0 heterocycles. The number of rotatable bonds is 2. The second kappa shape index (κ2) is 5.68.